The number of esters is 1. The Balaban J connectivity index is 4.30. The number of carbonyl (C=O) groups is 2. The van der Waals surface area contributed by atoms with Crippen molar-refractivity contribution in [2.45, 2.75) is 180 Å². The molecular formula is C44H72O4. The number of ether oxygens (including phenoxy) is 1. The summed E-state index contributed by atoms with van der Waals surface area (Å²) in [5, 5.41) is 8.82. The summed E-state index contributed by atoms with van der Waals surface area (Å²) in [4.78, 5) is 23.3. The first-order valence-electron chi connectivity index (χ1n) is 19.6. The minimum atomic E-state index is -0.717. The summed E-state index contributed by atoms with van der Waals surface area (Å²) in [7, 11) is 0. The van der Waals surface area contributed by atoms with Gasteiger partial charge in [0.2, 0.25) is 0 Å². The fourth-order valence-electron chi connectivity index (χ4n) is 5.29. The Morgan fingerprint density at radius 3 is 1.44 bits per heavy atom. The molecule has 1 N–H and O–H groups in total. The molecule has 0 spiro atoms. The Kier molecular flexibility index (Phi) is 36.3. The largest absolute Gasteiger partial charge is 0.481 e. The van der Waals surface area contributed by atoms with Crippen LogP contribution in [0, 0.1) is 0 Å². The lowest BCUT2D eigenvalue weighted by Gasteiger charge is -2.17. The molecule has 0 aliphatic heterocycles. The van der Waals surface area contributed by atoms with Crippen molar-refractivity contribution in [2.24, 2.45) is 0 Å². The van der Waals surface area contributed by atoms with Gasteiger partial charge in [-0.1, -0.05) is 150 Å². The van der Waals surface area contributed by atoms with Crippen LogP contribution in [0.15, 0.2) is 85.1 Å². The highest BCUT2D eigenvalue weighted by Gasteiger charge is 2.13. The van der Waals surface area contributed by atoms with E-state index in [4.69, 9.17) is 9.84 Å². The van der Waals surface area contributed by atoms with Crippen LogP contribution in [0.1, 0.15) is 174 Å². The Labute approximate surface area is 296 Å². The number of carboxylic acid groups (broad SMARTS) is 1. The van der Waals surface area contributed by atoms with E-state index in [0.29, 0.717) is 6.42 Å². The van der Waals surface area contributed by atoms with Gasteiger partial charge >= 0.3 is 11.9 Å². The second-order valence-electron chi connectivity index (χ2n) is 12.7. The molecule has 0 radical (unpaired) electrons. The Morgan fingerprint density at radius 2 is 0.917 bits per heavy atom. The second-order valence-corrected chi connectivity index (χ2v) is 12.7. The van der Waals surface area contributed by atoms with Crippen LogP contribution in [0.3, 0.4) is 0 Å². The number of hydrogen-bond donors (Lipinski definition) is 1. The smallest absolute Gasteiger partial charge is 0.309 e. The summed E-state index contributed by atoms with van der Waals surface area (Å²) in [6, 6.07) is 0. The van der Waals surface area contributed by atoms with Crippen molar-refractivity contribution in [3.05, 3.63) is 85.1 Å². The molecule has 272 valence electrons. The van der Waals surface area contributed by atoms with Crippen LogP contribution in [-0.4, -0.2) is 23.1 Å². The number of carbonyl (C=O) groups excluding carboxylic acids is 1. The van der Waals surface area contributed by atoms with E-state index >= 15 is 0 Å². The first-order valence-corrected chi connectivity index (χ1v) is 19.6. The van der Waals surface area contributed by atoms with Gasteiger partial charge in [0.25, 0.3) is 0 Å². The van der Waals surface area contributed by atoms with Gasteiger partial charge in [0, 0.05) is 6.42 Å². The molecule has 48 heavy (non-hydrogen) atoms. The molecule has 0 aliphatic carbocycles. The van der Waals surface area contributed by atoms with E-state index < -0.39 is 5.97 Å². The zero-order valence-corrected chi connectivity index (χ0v) is 31.0. The fourth-order valence-corrected chi connectivity index (χ4v) is 5.29. The van der Waals surface area contributed by atoms with Crippen molar-refractivity contribution >= 4 is 11.9 Å². The highest BCUT2D eigenvalue weighted by molar-refractivity contribution is 5.71. The lowest BCUT2D eigenvalue weighted by Crippen LogP contribution is -2.18. The van der Waals surface area contributed by atoms with Gasteiger partial charge in [-0.05, 0) is 96.3 Å². The summed E-state index contributed by atoms with van der Waals surface area (Å²) in [5.41, 5.74) is 0. The van der Waals surface area contributed by atoms with Crippen molar-refractivity contribution in [3.8, 4) is 0 Å². The molecule has 0 aromatic heterocycles. The molecule has 0 saturated carbocycles. The van der Waals surface area contributed by atoms with E-state index in [1.807, 2.05) is 12.2 Å². The summed E-state index contributed by atoms with van der Waals surface area (Å²) >= 11 is 0. The maximum atomic E-state index is 12.6. The minimum absolute atomic E-state index is 0.0260. The lowest BCUT2D eigenvalue weighted by molar-refractivity contribution is -0.148. The van der Waals surface area contributed by atoms with Crippen LogP contribution in [0.25, 0.3) is 0 Å². The Morgan fingerprint density at radius 1 is 0.500 bits per heavy atom. The topological polar surface area (TPSA) is 63.6 Å². The molecule has 4 heteroatoms. The normalized spacial score (nSPS) is 13.2. The average Bonchev–Trinajstić information content (AvgIpc) is 3.07. The molecule has 1 unspecified atom stereocenters. The molecule has 0 saturated heterocycles. The molecule has 0 amide bonds. The molecule has 0 fully saturated rings. The second kappa shape index (κ2) is 38.6. The van der Waals surface area contributed by atoms with Gasteiger partial charge in [0.15, 0.2) is 0 Å². The lowest BCUT2D eigenvalue weighted by atomic mass is 10.0. The van der Waals surface area contributed by atoms with E-state index in [-0.39, 0.29) is 18.5 Å². The quantitative estimate of drug-likeness (QED) is 0.0422. The predicted molar refractivity (Wildman–Crippen MR) is 208 cm³/mol. The molecule has 0 bridgehead atoms. The predicted octanol–water partition coefficient (Wildman–Crippen LogP) is 13.7. The van der Waals surface area contributed by atoms with Crippen molar-refractivity contribution in [1.29, 1.82) is 0 Å². The summed E-state index contributed by atoms with van der Waals surface area (Å²) in [5.74, 6) is -0.856. The third kappa shape index (κ3) is 37.6. The van der Waals surface area contributed by atoms with Gasteiger partial charge in [0.1, 0.15) is 6.10 Å². The van der Waals surface area contributed by atoms with Crippen molar-refractivity contribution in [1.82, 2.24) is 0 Å². The van der Waals surface area contributed by atoms with E-state index in [9.17, 15) is 9.59 Å². The third-order valence-electron chi connectivity index (χ3n) is 8.13. The van der Waals surface area contributed by atoms with Gasteiger partial charge in [-0.3, -0.25) is 9.59 Å². The van der Waals surface area contributed by atoms with E-state index in [1.54, 1.807) is 0 Å². The summed E-state index contributed by atoms with van der Waals surface area (Å²) in [6.45, 7) is 4.41. The standard InChI is InChI=1S/C44H72O4/c1-3-5-7-9-11-13-15-17-19-21-23-25-27-30-34-38-42(39-35-31-29-32-36-40-43(45)46)48-44(47)41-37-33-28-26-24-22-20-18-16-14-12-10-8-6-4-2/h6,8,12,14-15,17-18,20-21,23-24,26,33,37,42H,3-5,7,9-11,13,16,19,22,25,27-32,34-36,38-41H2,1-2H3,(H,45,46)/b8-6-,14-12-,17-15-,20-18-,23-21-,26-24-,37-33-. The van der Waals surface area contributed by atoms with Crippen LogP contribution in [-0.2, 0) is 14.3 Å². The maximum absolute atomic E-state index is 12.6. The zero-order valence-electron chi connectivity index (χ0n) is 31.0. The van der Waals surface area contributed by atoms with Crippen molar-refractivity contribution in [3.63, 3.8) is 0 Å². The maximum Gasteiger partial charge on any atom is 0.309 e. The molecular weight excluding hydrogens is 592 g/mol. The van der Waals surface area contributed by atoms with Gasteiger partial charge in [-0.25, -0.2) is 0 Å². The molecule has 0 heterocycles. The average molecular weight is 665 g/mol. The third-order valence-corrected chi connectivity index (χ3v) is 8.13. The Hall–Kier alpha value is -2.88. The summed E-state index contributed by atoms with van der Waals surface area (Å²) in [6.07, 6.45) is 56.1. The van der Waals surface area contributed by atoms with Crippen LogP contribution in [0.5, 0.6) is 0 Å². The monoisotopic (exact) mass is 665 g/mol. The van der Waals surface area contributed by atoms with Crippen molar-refractivity contribution < 1.29 is 19.4 Å². The number of carboxylic acids is 1. The van der Waals surface area contributed by atoms with Gasteiger partial charge < -0.3 is 9.84 Å². The van der Waals surface area contributed by atoms with Crippen LogP contribution < -0.4 is 0 Å². The highest BCUT2D eigenvalue weighted by atomic mass is 16.5. The number of aliphatic carboxylic acids is 1. The number of unbranched alkanes of at least 4 members (excludes halogenated alkanes) is 12. The van der Waals surface area contributed by atoms with Gasteiger partial charge in [0.05, 0.1) is 6.42 Å². The van der Waals surface area contributed by atoms with Crippen LogP contribution in [0.4, 0.5) is 0 Å². The fraction of sp³-hybridized carbons (Fsp3) is 0.636. The van der Waals surface area contributed by atoms with E-state index in [0.717, 1.165) is 103 Å². The first-order chi connectivity index (χ1) is 23.6. The summed E-state index contributed by atoms with van der Waals surface area (Å²) < 4.78 is 5.92. The molecule has 0 aliphatic rings. The molecule has 4 nitrogen and oxygen atoms in total. The molecule has 0 aromatic carbocycles. The van der Waals surface area contributed by atoms with Crippen LogP contribution >= 0.6 is 0 Å². The van der Waals surface area contributed by atoms with Gasteiger partial charge in [-0.2, -0.15) is 0 Å². The van der Waals surface area contributed by atoms with E-state index in [2.05, 4.69) is 86.8 Å². The van der Waals surface area contributed by atoms with Gasteiger partial charge in [-0.15, -0.1) is 0 Å². The number of allylic oxidation sites excluding steroid dienone is 13. The molecule has 0 aromatic rings. The number of hydrogen-bond acceptors (Lipinski definition) is 3. The first kappa shape index (κ1) is 45.1. The van der Waals surface area contributed by atoms with E-state index in [1.165, 1.54) is 44.9 Å². The minimum Gasteiger partial charge on any atom is -0.481 e. The highest BCUT2D eigenvalue weighted by Crippen LogP contribution is 2.17. The molecule has 0 rings (SSSR count). The zero-order chi connectivity index (χ0) is 35.0. The Bertz CT molecular complexity index is 934. The van der Waals surface area contributed by atoms with Crippen LogP contribution in [0.2, 0.25) is 0 Å². The molecule has 1 atom stereocenters. The number of rotatable bonds is 34. The SMILES string of the molecule is CC/C=C\C/C=C\C/C=C\C/C=C\C/C=C\CC(=O)OC(CCCCC/C=C\C/C=C\CCCCCCC)CCCCCCCC(=O)O. The van der Waals surface area contributed by atoms with Crippen molar-refractivity contribution in [2.75, 3.05) is 0 Å².